The first kappa shape index (κ1) is 19.6. The summed E-state index contributed by atoms with van der Waals surface area (Å²) in [7, 11) is 0. The molecule has 28 heavy (non-hydrogen) atoms. The van der Waals surface area contributed by atoms with E-state index in [0.29, 0.717) is 16.3 Å². The molecule has 0 spiro atoms. The van der Waals surface area contributed by atoms with Gasteiger partial charge in [-0.15, -0.1) is 0 Å². The Bertz CT molecular complexity index is 995. The zero-order chi connectivity index (χ0) is 20.1. The summed E-state index contributed by atoms with van der Waals surface area (Å²) in [6.45, 7) is 5.75. The molecule has 0 aliphatic rings. The second kappa shape index (κ2) is 8.71. The zero-order valence-electron chi connectivity index (χ0n) is 15.9. The third-order valence-electron chi connectivity index (χ3n) is 4.14. The van der Waals surface area contributed by atoms with E-state index in [1.54, 1.807) is 23.7 Å². The van der Waals surface area contributed by atoms with Gasteiger partial charge in [0.1, 0.15) is 0 Å². The average Bonchev–Trinajstić information content (AvgIpc) is 3.05. The predicted molar refractivity (Wildman–Crippen MR) is 112 cm³/mol. The molecule has 0 aliphatic heterocycles. The van der Waals surface area contributed by atoms with E-state index >= 15 is 0 Å². The van der Waals surface area contributed by atoms with E-state index in [0.717, 1.165) is 17.1 Å². The first-order valence-corrected chi connectivity index (χ1v) is 9.27. The number of aromatic nitrogens is 2. The van der Waals surface area contributed by atoms with Gasteiger partial charge in [0, 0.05) is 5.02 Å². The summed E-state index contributed by atoms with van der Waals surface area (Å²) in [5, 5.41) is 9.56. The van der Waals surface area contributed by atoms with Gasteiger partial charge in [-0.3, -0.25) is 5.43 Å². The summed E-state index contributed by atoms with van der Waals surface area (Å²) in [5.41, 5.74) is 6.92. The number of anilines is 1. The molecule has 0 saturated carbocycles. The van der Waals surface area contributed by atoms with Crippen LogP contribution in [-0.4, -0.2) is 28.1 Å². The number of esters is 1. The lowest BCUT2D eigenvalue weighted by Crippen LogP contribution is -2.11. The Morgan fingerprint density at radius 1 is 1.18 bits per heavy atom. The fourth-order valence-corrected chi connectivity index (χ4v) is 2.95. The fourth-order valence-electron chi connectivity index (χ4n) is 2.83. The lowest BCUT2D eigenvalue weighted by molar-refractivity contribution is 0.0518. The van der Waals surface area contributed by atoms with Crippen LogP contribution in [0.1, 0.15) is 35.6 Å². The van der Waals surface area contributed by atoms with E-state index in [2.05, 4.69) is 15.6 Å². The second-order valence-corrected chi connectivity index (χ2v) is 6.53. The molecular formula is C21H21ClN4O2. The highest BCUT2D eigenvalue weighted by Crippen LogP contribution is 2.22. The molecule has 0 aliphatic carbocycles. The molecule has 0 amide bonds. The predicted octanol–water partition coefficient (Wildman–Crippen LogP) is 4.85. The maximum absolute atomic E-state index is 12.5. The van der Waals surface area contributed by atoms with Crippen LogP contribution in [0.4, 0.5) is 5.69 Å². The third kappa shape index (κ3) is 4.23. The van der Waals surface area contributed by atoms with Crippen molar-refractivity contribution >= 4 is 29.0 Å². The normalized spacial score (nSPS) is 11.4. The Balaban J connectivity index is 2.04. The molecule has 0 radical (unpaired) electrons. The maximum atomic E-state index is 12.5. The SMILES string of the molecule is CCOC(=O)c1nn(-c2ccc(Cl)cc2)c(C)c1C(C)=NNc1ccccc1. The van der Waals surface area contributed by atoms with Crippen LogP contribution in [0.5, 0.6) is 0 Å². The Hall–Kier alpha value is -3.12. The van der Waals surface area contributed by atoms with E-state index in [9.17, 15) is 4.79 Å². The molecule has 0 fully saturated rings. The number of hydrazone groups is 1. The van der Waals surface area contributed by atoms with Crippen LogP contribution in [0.15, 0.2) is 59.7 Å². The van der Waals surface area contributed by atoms with E-state index in [-0.39, 0.29) is 12.3 Å². The topological polar surface area (TPSA) is 68.5 Å². The van der Waals surface area contributed by atoms with Crippen LogP contribution >= 0.6 is 11.6 Å². The van der Waals surface area contributed by atoms with Crippen LogP contribution in [0.2, 0.25) is 5.02 Å². The third-order valence-corrected chi connectivity index (χ3v) is 4.40. The number of benzene rings is 2. The van der Waals surface area contributed by atoms with Gasteiger partial charge in [0.2, 0.25) is 0 Å². The van der Waals surface area contributed by atoms with Gasteiger partial charge < -0.3 is 4.74 Å². The minimum atomic E-state index is -0.484. The summed E-state index contributed by atoms with van der Waals surface area (Å²) in [6, 6.07) is 16.8. The van der Waals surface area contributed by atoms with Crippen molar-refractivity contribution in [3.05, 3.63) is 76.6 Å². The second-order valence-electron chi connectivity index (χ2n) is 6.09. The van der Waals surface area contributed by atoms with Crippen molar-refractivity contribution in [2.45, 2.75) is 20.8 Å². The number of rotatable bonds is 6. The van der Waals surface area contributed by atoms with Gasteiger partial charge in [0.25, 0.3) is 0 Å². The van der Waals surface area contributed by atoms with Gasteiger partial charge in [-0.05, 0) is 57.2 Å². The van der Waals surface area contributed by atoms with Gasteiger partial charge in [0.15, 0.2) is 5.69 Å². The molecule has 6 nitrogen and oxygen atoms in total. The number of halogens is 1. The lowest BCUT2D eigenvalue weighted by atomic mass is 10.1. The Labute approximate surface area is 168 Å². The highest BCUT2D eigenvalue weighted by molar-refractivity contribution is 6.30. The number of nitrogens with zero attached hydrogens (tertiary/aromatic N) is 3. The van der Waals surface area contributed by atoms with E-state index < -0.39 is 5.97 Å². The number of hydrogen-bond donors (Lipinski definition) is 1. The number of ether oxygens (including phenoxy) is 1. The zero-order valence-corrected chi connectivity index (χ0v) is 16.7. The van der Waals surface area contributed by atoms with Crippen LogP contribution in [0.25, 0.3) is 5.69 Å². The number of carbonyl (C=O) groups excluding carboxylic acids is 1. The molecule has 0 bridgehead atoms. The van der Waals surface area contributed by atoms with Crippen LogP contribution in [-0.2, 0) is 4.74 Å². The van der Waals surface area contributed by atoms with Crippen molar-refractivity contribution in [1.82, 2.24) is 9.78 Å². The molecular weight excluding hydrogens is 376 g/mol. The van der Waals surface area contributed by atoms with Crippen molar-refractivity contribution in [2.24, 2.45) is 5.10 Å². The largest absolute Gasteiger partial charge is 0.461 e. The summed E-state index contributed by atoms with van der Waals surface area (Å²) in [5.74, 6) is -0.484. The average molecular weight is 397 g/mol. The van der Waals surface area contributed by atoms with Crippen molar-refractivity contribution < 1.29 is 9.53 Å². The molecule has 3 aromatic rings. The number of hydrogen-bond acceptors (Lipinski definition) is 5. The van der Waals surface area contributed by atoms with Crippen molar-refractivity contribution in [2.75, 3.05) is 12.0 Å². The molecule has 144 valence electrons. The van der Waals surface area contributed by atoms with E-state index in [1.807, 2.05) is 56.3 Å². The van der Waals surface area contributed by atoms with E-state index in [4.69, 9.17) is 16.3 Å². The van der Waals surface area contributed by atoms with Gasteiger partial charge in [-0.2, -0.15) is 10.2 Å². The smallest absolute Gasteiger partial charge is 0.359 e. The van der Waals surface area contributed by atoms with Crippen LogP contribution in [0.3, 0.4) is 0 Å². The van der Waals surface area contributed by atoms with Gasteiger partial charge in [-0.1, -0.05) is 29.8 Å². The molecule has 1 aromatic heterocycles. The van der Waals surface area contributed by atoms with Gasteiger partial charge >= 0.3 is 5.97 Å². The summed E-state index contributed by atoms with van der Waals surface area (Å²) in [6.07, 6.45) is 0. The highest BCUT2D eigenvalue weighted by Gasteiger charge is 2.24. The van der Waals surface area contributed by atoms with Crippen molar-refractivity contribution in [3.63, 3.8) is 0 Å². The Morgan fingerprint density at radius 2 is 1.86 bits per heavy atom. The van der Waals surface area contributed by atoms with Gasteiger partial charge in [0.05, 0.1) is 35.0 Å². The molecule has 2 aromatic carbocycles. The molecule has 0 unspecified atom stereocenters. The maximum Gasteiger partial charge on any atom is 0.359 e. The molecule has 1 N–H and O–H groups in total. The van der Waals surface area contributed by atoms with Crippen molar-refractivity contribution in [1.29, 1.82) is 0 Å². The quantitative estimate of drug-likeness (QED) is 0.367. The Kier molecular flexibility index (Phi) is 6.11. The molecule has 0 atom stereocenters. The lowest BCUT2D eigenvalue weighted by Gasteiger charge is -2.06. The summed E-state index contributed by atoms with van der Waals surface area (Å²) >= 11 is 5.99. The van der Waals surface area contributed by atoms with Gasteiger partial charge in [-0.25, -0.2) is 9.48 Å². The number of carbonyl (C=O) groups is 1. The summed E-state index contributed by atoms with van der Waals surface area (Å²) < 4.78 is 6.89. The number of nitrogens with one attached hydrogen (secondary N) is 1. The monoisotopic (exact) mass is 396 g/mol. The van der Waals surface area contributed by atoms with Crippen LogP contribution in [0, 0.1) is 6.92 Å². The van der Waals surface area contributed by atoms with E-state index in [1.165, 1.54) is 0 Å². The minimum absolute atomic E-state index is 0.227. The van der Waals surface area contributed by atoms with Crippen LogP contribution < -0.4 is 5.43 Å². The first-order chi connectivity index (χ1) is 13.5. The molecule has 3 rings (SSSR count). The fraction of sp³-hybridized carbons (Fsp3) is 0.190. The summed E-state index contributed by atoms with van der Waals surface area (Å²) in [4.78, 5) is 12.5. The highest BCUT2D eigenvalue weighted by atomic mass is 35.5. The minimum Gasteiger partial charge on any atom is -0.461 e. The molecule has 0 saturated heterocycles. The molecule has 1 heterocycles. The number of para-hydroxylation sites is 1. The Morgan fingerprint density at radius 3 is 2.50 bits per heavy atom. The standard InChI is InChI=1S/C21H21ClN4O2/c1-4-28-21(27)20-19(14(2)23-24-17-8-6-5-7-9-17)15(3)26(25-20)18-12-10-16(22)11-13-18/h5-13,24H,4H2,1-3H3. The first-order valence-electron chi connectivity index (χ1n) is 8.89. The van der Waals surface area contributed by atoms with Crippen molar-refractivity contribution in [3.8, 4) is 5.69 Å². The molecule has 7 heteroatoms.